The van der Waals surface area contributed by atoms with Crippen LogP contribution in [0.5, 0.6) is 5.75 Å². The maximum atomic E-state index is 13.4. The van der Waals surface area contributed by atoms with Gasteiger partial charge in [-0.2, -0.15) is 26.3 Å². The lowest BCUT2D eigenvalue weighted by molar-refractivity contribution is -0.143. The van der Waals surface area contributed by atoms with Crippen molar-refractivity contribution in [1.29, 1.82) is 0 Å². The second-order valence-corrected chi connectivity index (χ2v) is 10.8. The smallest absolute Gasteiger partial charge is 0.416 e. The van der Waals surface area contributed by atoms with Gasteiger partial charge in [-0.25, -0.2) is 0 Å². The van der Waals surface area contributed by atoms with Crippen molar-refractivity contribution in [3.63, 3.8) is 0 Å². The number of methoxy groups -OCH3 is 1. The third kappa shape index (κ3) is 6.13. The topological polar surface area (TPSA) is 49.4 Å². The van der Waals surface area contributed by atoms with E-state index in [-0.39, 0.29) is 17.2 Å². The van der Waals surface area contributed by atoms with E-state index >= 15 is 0 Å². The van der Waals surface area contributed by atoms with Gasteiger partial charge in [-0.05, 0) is 91.5 Å². The average molecular weight is 595 g/mol. The molecule has 3 fully saturated rings. The van der Waals surface area contributed by atoms with Gasteiger partial charge in [-0.3, -0.25) is 9.88 Å². The van der Waals surface area contributed by atoms with Gasteiger partial charge in [0.2, 0.25) is 0 Å². The number of fused-ring (bicyclic) bond motifs is 4. The Morgan fingerprint density at radius 3 is 2.39 bits per heavy atom. The van der Waals surface area contributed by atoms with Crippen LogP contribution in [-0.4, -0.2) is 41.2 Å². The molecule has 41 heavy (non-hydrogen) atoms. The second-order valence-electron chi connectivity index (χ2n) is 10.4. The number of ether oxygens (including phenoxy) is 1. The second kappa shape index (κ2) is 11.1. The zero-order chi connectivity index (χ0) is 29.5. The number of halogens is 6. The molecule has 2 bridgehead atoms. The lowest BCUT2D eigenvalue weighted by Crippen LogP contribution is -2.57. The molecule has 5 atom stereocenters. The highest BCUT2D eigenvalue weighted by Crippen LogP contribution is 2.43. The predicted octanol–water partition coefficient (Wildman–Crippen LogP) is 7.21. The standard InChI is InChI=1S/C29H28F6N4OS/c1-3-16-15-39-9-7-17(16)10-25(39)26(22-6-8-36-24-5-4-21(40-2)14-23(22)24)38-27(41)37-20-12-18(28(30,31)32)11-19(13-20)29(33,34)35/h3-6,8,11-14,16-17,25-26H,1,7,9-10,15H2,2H3,(H2,37,38,41)/t16-,17-,25+,26+/m0/s1. The Kier molecular flexibility index (Phi) is 7.90. The van der Waals surface area contributed by atoms with Crippen LogP contribution in [0, 0.1) is 11.8 Å². The molecule has 12 heteroatoms. The highest BCUT2D eigenvalue weighted by atomic mass is 32.1. The van der Waals surface area contributed by atoms with E-state index < -0.39 is 35.2 Å². The van der Waals surface area contributed by atoms with Crippen LogP contribution >= 0.6 is 12.2 Å². The predicted molar refractivity (Wildman–Crippen MR) is 149 cm³/mol. The number of aromatic nitrogens is 1. The third-order valence-corrected chi connectivity index (χ3v) is 8.21. The number of piperidine rings is 3. The Balaban J connectivity index is 1.51. The zero-order valence-corrected chi connectivity index (χ0v) is 22.8. The Morgan fingerprint density at radius 2 is 1.80 bits per heavy atom. The van der Waals surface area contributed by atoms with E-state index in [1.807, 2.05) is 24.3 Å². The minimum Gasteiger partial charge on any atom is -0.497 e. The van der Waals surface area contributed by atoms with Gasteiger partial charge in [0.1, 0.15) is 5.75 Å². The summed E-state index contributed by atoms with van der Waals surface area (Å²) in [6.45, 7) is 5.63. The Morgan fingerprint density at radius 1 is 1.10 bits per heavy atom. The molecule has 5 nitrogen and oxygen atoms in total. The highest BCUT2D eigenvalue weighted by Gasteiger charge is 2.43. The zero-order valence-electron chi connectivity index (χ0n) is 22.0. The summed E-state index contributed by atoms with van der Waals surface area (Å²) in [6.07, 6.45) is -4.48. The summed E-state index contributed by atoms with van der Waals surface area (Å²) in [4.78, 5) is 6.80. The Labute approximate surface area is 238 Å². The first kappa shape index (κ1) is 29.1. The summed E-state index contributed by atoms with van der Waals surface area (Å²) >= 11 is 5.50. The van der Waals surface area contributed by atoms with Crippen LogP contribution < -0.4 is 15.4 Å². The molecule has 0 saturated carbocycles. The van der Waals surface area contributed by atoms with Crippen LogP contribution in [0.1, 0.15) is 35.6 Å². The van der Waals surface area contributed by atoms with Gasteiger partial charge >= 0.3 is 12.4 Å². The number of alkyl halides is 6. The van der Waals surface area contributed by atoms with Gasteiger partial charge in [0, 0.05) is 29.9 Å². The molecule has 1 unspecified atom stereocenters. The van der Waals surface area contributed by atoms with E-state index in [1.54, 1.807) is 19.4 Å². The number of hydrogen-bond donors (Lipinski definition) is 2. The molecule has 3 aromatic rings. The number of pyridine rings is 1. The largest absolute Gasteiger partial charge is 0.497 e. The molecule has 0 amide bonds. The molecule has 218 valence electrons. The maximum absolute atomic E-state index is 13.4. The fourth-order valence-corrected chi connectivity index (χ4v) is 6.23. The summed E-state index contributed by atoms with van der Waals surface area (Å²) in [5.74, 6) is 1.35. The van der Waals surface area contributed by atoms with Crippen molar-refractivity contribution >= 4 is 33.9 Å². The first-order valence-electron chi connectivity index (χ1n) is 13.0. The van der Waals surface area contributed by atoms with Gasteiger partial charge in [-0.1, -0.05) is 6.08 Å². The summed E-state index contributed by atoms with van der Waals surface area (Å²) in [7, 11) is 1.55. The molecule has 1 aromatic heterocycles. The lowest BCUT2D eigenvalue weighted by Gasteiger charge is -2.52. The molecule has 0 spiro atoms. The number of rotatable bonds is 6. The summed E-state index contributed by atoms with van der Waals surface area (Å²) in [5, 5.41) is 6.52. The van der Waals surface area contributed by atoms with Gasteiger partial charge < -0.3 is 15.4 Å². The van der Waals surface area contributed by atoms with Crippen LogP contribution in [0.25, 0.3) is 10.9 Å². The lowest BCUT2D eigenvalue weighted by atomic mass is 9.73. The van der Waals surface area contributed by atoms with Crippen LogP contribution in [0.3, 0.4) is 0 Å². The quantitative estimate of drug-likeness (QED) is 0.179. The Hall–Kier alpha value is -3.38. The molecular weight excluding hydrogens is 566 g/mol. The summed E-state index contributed by atoms with van der Waals surface area (Å²) in [6, 6.07) is 8.15. The number of hydrogen-bond acceptors (Lipinski definition) is 4. The fourth-order valence-electron chi connectivity index (χ4n) is 5.99. The maximum Gasteiger partial charge on any atom is 0.416 e. The highest BCUT2D eigenvalue weighted by molar-refractivity contribution is 7.80. The average Bonchev–Trinajstić information content (AvgIpc) is 2.94. The van der Waals surface area contributed by atoms with E-state index in [2.05, 4.69) is 27.1 Å². The van der Waals surface area contributed by atoms with E-state index in [1.165, 1.54) is 0 Å². The number of nitrogens with zero attached hydrogens (tertiary/aromatic N) is 2. The Bertz CT molecular complexity index is 1430. The molecule has 2 aromatic carbocycles. The number of anilines is 1. The van der Waals surface area contributed by atoms with Crippen molar-refractivity contribution in [3.8, 4) is 5.75 Å². The van der Waals surface area contributed by atoms with Crippen LogP contribution in [-0.2, 0) is 12.4 Å². The van der Waals surface area contributed by atoms with Crippen molar-refractivity contribution in [2.75, 3.05) is 25.5 Å². The molecule has 0 radical (unpaired) electrons. The van der Waals surface area contributed by atoms with Gasteiger partial charge in [-0.15, -0.1) is 6.58 Å². The molecule has 6 rings (SSSR count). The SMILES string of the molecule is C=C[C@H]1CN2CC[C@H]1C[C@@H]2[C@H](NC(=S)Nc1cc(C(F)(F)F)cc(C(F)(F)F)c1)c1ccnc2ccc(OC)cc12. The molecule has 0 aliphatic carbocycles. The minimum atomic E-state index is -4.97. The van der Waals surface area contributed by atoms with Crippen molar-refractivity contribution in [3.05, 3.63) is 78.0 Å². The first-order valence-corrected chi connectivity index (χ1v) is 13.4. The molecule has 3 aliphatic rings. The fraction of sp³-hybridized carbons (Fsp3) is 0.379. The summed E-state index contributed by atoms with van der Waals surface area (Å²) in [5.41, 5.74) is -1.71. The van der Waals surface area contributed by atoms with Gasteiger partial charge in [0.05, 0.1) is 29.8 Å². The van der Waals surface area contributed by atoms with E-state index in [0.717, 1.165) is 36.9 Å². The van der Waals surface area contributed by atoms with Crippen molar-refractivity contribution in [1.82, 2.24) is 15.2 Å². The van der Waals surface area contributed by atoms with Crippen molar-refractivity contribution < 1.29 is 31.1 Å². The molecule has 3 aliphatic heterocycles. The molecule has 3 saturated heterocycles. The number of nitrogens with one attached hydrogen (secondary N) is 2. The minimum absolute atomic E-state index is 0.0475. The van der Waals surface area contributed by atoms with Gasteiger partial charge in [0.25, 0.3) is 0 Å². The number of thiocarbonyl (C=S) groups is 1. The van der Waals surface area contributed by atoms with E-state index in [4.69, 9.17) is 17.0 Å². The molecule has 2 N–H and O–H groups in total. The normalized spacial score (nSPS) is 23.2. The molecular formula is C29H28F6N4OS. The first-order chi connectivity index (χ1) is 19.4. The van der Waals surface area contributed by atoms with Crippen molar-refractivity contribution in [2.24, 2.45) is 11.8 Å². The van der Waals surface area contributed by atoms with Crippen LogP contribution in [0.4, 0.5) is 32.0 Å². The molecule has 4 heterocycles. The van der Waals surface area contributed by atoms with E-state index in [0.29, 0.717) is 35.2 Å². The summed E-state index contributed by atoms with van der Waals surface area (Å²) < 4.78 is 86.0. The monoisotopic (exact) mass is 594 g/mol. The van der Waals surface area contributed by atoms with Gasteiger partial charge in [0.15, 0.2) is 5.11 Å². The van der Waals surface area contributed by atoms with Crippen LogP contribution in [0.2, 0.25) is 0 Å². The van der Waals surface area contributed by atoms with Crippen LogP contribution in [0.15, 0.2) is 61.3 Å². The van der Waals surface area contributed by atoms with Crippen molar-refractivity contribution in [2.45, 2.75) is 37.3 Å². The third-order valence-electron chi connectivity index (χ3n) is 7.99. The van der Waals surface area contributed by atoms with E-state index in [9.17, 15) is 26.3 Å². The number of benzene rings is 2.